The van der Waals surface area contributed by atoms with Crippen LogP contribution < -0.4 is 5.32 Å². The number of alkyl halides is 3. The molecular weight excluding hydrogens is 257 g/mol. The van der Waals surface area contributed by atoms with Crippen molar-refractivity contribution in [2.75, 3.05) is 19.8 Å². The summed E-state index contributed by atoms with van der Waals surface area (Å²) in [6, 6.07) is 0.674. The summed E-state index contributed by atoms with van der Waals surface area (Å²) in [7, 11) is 0. The second kappa shape index (κ2) is 5.88. The molecule has 1 aliphatic rings. The van der Waals surface area contributed by atoms with Crippen LogP contribution in [0, 0.1) is 5.92 Å². The molecule has 0 radical (unpaired) electrons. The number of ether oxygens (including phenoxy) is 1. The van der Waals surface area contributed by atoms with Gasteiger partial charge in [0.05, 0.1) is 12.2 Å². The van der Waals surface area contributed by atoms with Gasteiger partial charge in [0.2, 0.25) is 0 Å². The maximum atomic E-state index is 13.0. The van der Waals surface area contributed by atoms with Crippen LogP contribution in [0.1, 0.15) is 30.5 Å². The minimum atomic E-state index is -4.36. The lowest BCUT2D eigenvalue weighted by Gasteiger charge is -2.26. The highest BCUT2D eigenvalue weighted by atomic mass is 19.4. The molecule has 0 bridgehead atoms. The minimum absolute atomic E-state index is 0.0604. The maximum Gasteiger partial charge on any atom is 0.416 e. The van der Waals surface area contributed by atoms with E-state index in [-0.39, 0.29) is 17.5 Å². The summed E-state index contributed by atoms with van der Waals surface area (Å²) in [5.74, 6) is 0.0604. The van der Waals surface area contributed by atoms with E-state index in [1.807, 2.05) is 6.92 Å². The van der Waals surface area contributed by atoms with Crippen molar-refractivity contribution in [2.45, 2.75) is 25.6 Å². The molecule has 1 aromatic rings. The fraction of sp³-hybridized carbons (Fsp3) is 0.615. The van der Waals surface area contributed by atoms with Crippen molar-refractivity contribution in [2.24, 2.45) is 5.92 Å². The lowest BCUT2D eigenvalue weighted by atomic mass is 9.90. The van der Waals surface area contributed by atoms with Gasteiger partial charge in [0.15, 0.2) is 0 Å². The quantitative estimate of drug-likeness (QED) is 0.916. The van der Waals surface area contributed by atoms with E-state index in [0.717, 1.165) is 12.5 Å². The Hall–Kier alpha value is -1.14. The van der Waals surface area contributed by atoms with Gasteiger partial charge in [0.25, 0.3) is 0 Å². The molecule has 2 heterocycles. The number of pyridine rings is 1. The van der Waals surface area contributed by atoms with Crippen LogP contribution in [0.25, 0.3) is 0 Å². The molecule has 0 amide bonds. The lowest BCUT2D eigenvalue weighted by molar-refractivity contribution is -0.138. The van der Waals surface area contributed by atoms with Crippen LogP contribution >= 0.6 is 0 Å². The molecule has 3 nitrogen and oxygen atoms in total. The molecule has 1 fully saturated rings. The number of aromatic nitrogens is 1. The van der Waals surface area contributed by atoms with Crippen molar-refractivity contribution >= 4 is 0 Å². The minimum Gasteiger partial charge on any atom is -0.381 e. The van der Waals surface area contributed by atoms with E-state index in [0.29, 0.717) is 19.8 Å². The first kappa shape index (κ1) is 14.3. The zero-order chi connectivity index (χ0) is 13.9. The third kappa shape index (κ3) is 3.25. The molecule has 2 rings (SSSR count). The van der Waals surface area contributed by atoms with Gasteiger partial charge in [-0.05, 0) is 24.6 Å². The van der Waals surface area contributed by atoms with Crippen LogP contribution in [0.4, 0.5) is 13.2 Å². The van der Waals surface area contributed by atoms with Gasteiger partial charge in [0, 0.05) is 31.0 Å². The zero-order valence-corrected chi connectivity index (χ0v) is 10.7. The SMILES string of the molecule is CCNC(c1cnccc1C(F)(F)F)C1CCOC1. The molecule has 0 aliphatic carbocycles. The van der Waals surface area contributed by atoms with Crippen molar-refractivity contribution in [3.63, 3.8) is 0 Å². The molecule has 0 spiro atoms. The Morgan fingerprint density at radius 1 is 1.53 bits per heavy atom. The highest BCUT2D eigenvalue weighted by Crippen LogP contribution is 2.37. The van der Waals surface area contributed by atoms with Crippen molar-refractivity contribution in [3.8, 4) is 0 Å². The average molecular weight is 274 g/mol. The smallest absolute Gasteiger partial charge is 0.381 e. The number of hydrogen-bond acceptors (Lipinski definition) is 3. The molecule has 6 heteroatoms. The van der Waals surface area contributed by atoms with Crippen molar-refractivity contribution in [3.05, 3.63) is 29.6 Å². The van der Waals surface area contributed by atoms with Gasteiger partial charge in [-0.3, -0.25) is 4.98 Å². The highest BCUT2D eigenvalue weighted by molar-refractivity contribution is 5.30. The molecular formula is C13H17F3N2O. The third-order valence-corrected chi connectivity index (χ3v) is 3.35. The van der Waals surface area contributed by atoms with Gasteiger partial charge >= 0.3 is 6.18 Å². The number of nitrogens with one attached hydrogen (secondary N) is 1. The molecule has 0 saturated carbocycles. The number of halogens is 3. The Labute approximate surface area is 110 Å². The summed E-state index contributed by atoms with van der Waals surface area (Å²) < 4.78 is 44.4. The molecule has 106 valence electrons. The lowest BCUT2D eigenvalue weighted by Crippen LogP contribution is -2.30. The Bertz CT molecular complexity index is 417. The largest absolute Gasteiger partial charge is 0.416 e. The van der Waals surface area contributed by atoms with Gasteiger partial charge in [-0.15, -0.1) is 0 Å². The molecule has 1 aromatic heterocycles. The van der Waals surface area contributed by atoms with Crippen LogP contribution in [0.3, 0.4) is 0 Å². The van der Waals surface area contributed by atoms with Crippen LogP contribution in [0.5, 0.6) is 0 Å². The van der Waals surface area contributed by atoms with E-state index in [9.17, 15) is 13.2 Å². The van der Waals surface area contributed by atoms with Gasteiger partial charge in [-0.1, -0.05) is 6.92 Å². The van der Waals surface area contributed by atoms with E-state index in [1.165, 1.54) is 12.4 Å². The van der Waals surface area contributed by atoms with Crippen molar-refractivity contribution in [1.29, 1.82) is 0 Å². The Morgan fingerprint density at radius 3 is 2.89 bits per heavy atom. The fourth-order valence-corrected chi connectivity index (χ4v) is 2.48. The molecule has 2 atom stereocenters. The van der Waals surface area contributed by atoms with E-state index in [2.05, 4.69) is 10.3 Å². The first-order chi connectivity index (χ1) is 9.04. The predicted octanol–water partition coefficient (Wildman–Crippen LogP) is 2.79. The summed E-state index contributed by atoms with van der Waals surface area (Å²) in [5.41, 5.74) is -0.396. The van der Waals surface area contributed by atoms with Gasteiger partial charge < -0.3 is 10.1 Å². The van der Waals surface area contributed by atoms with E-state index < -0.39 is 11.7 Å². The Balaban J connectivity index is 2.35. The summed E-state index contributed by atoms with van der Waals surface area (Å²) in [4.78, 5) is 3.85. The zero-order valence-electron chi connectivity index (χ0n) is 10.7. The first-order valence-electron chi connectivity index (χ1n) is 6.36. The molecule has 19 heavy (non-hydrogen) atoms. The fourth-order valence-electron chi connectivity index (χ4n) is 2.48. The Kier molecular flexibility index (Phi) is 4.42. The molecule has 2 unspecified atom stereocenters. The third-order valence-electron chi connectivity index (χ3n) is 3.35. The van der Waals surface area contributed by atoms with E-state index >= 15 is 0 Å². The second-order valence-corrected chi connectivity index (χ2v) is 4.62. The topological polar surface area (TPSA) is 34.2 Å². The van der Waals surface area contributed by atoms with Crippen LogP contribution in [-0.4, -0.2) is 24.7 Å². The molecule has 1 aliphatic heterocycles. The summed E-state index contributed by atoms with van der Waals surface area (Å²) in [6.07, 6.45) is -1.09. The van der Waals surface area contributed by atoms with Gasteiger partial charge in [-0.2, -0.15) is 13.2 Å². The summed E-state index contributed by atoms with van der Waals surface area (Å²) in [5, 5.41) is 3.13. The molecule has 0 aromatic carbocycles. The standard InChI is InChI=1S/C13H17F3N2O/c1-2-18-12(9-4-6-19-8-9)10-7-17-5-3-11(10)13(14,15)16/h3,5,7,9,12,18H,2,4,6,8H2,1H3. The van der Waals surface area contributed by atoms with Crippen LogP contribution in [0.15, 0.2) is 18.5 Å². The van der Waals surface area contributed by atoms with Gasteiger partial charge in [-0.25, -0.2) is 0 Å². The first-order valence-corrected chi connectivity index (χ1v) is 6.36. The summed E-state index contributed by atoms with van der Waals surface area (Å²) >= 11 is 0. The number of hydrogen-bond donors (Lipinski definition) is 1. The van der Waals surface area contributed by atoms with E-state index in [4.69, 9.17) is 4.74 Å². The van der Waals surface area contributed by atoms with Crippen molar-refractivity contribution < 1.29 is 17.9 Å². The van der Waals surface area contributed by atoms with Crippen LogP contribution in [-0.2, 0) is 10.9 Å². The molecule has 1 saturated heterocycles. The molecule has 1 N–H and O–H groups in total. The Morgan fingerprint density at radius 2 is 2.32 bits per heavy atom. The number of rotatable bonds is 4. The summed E-state index contributed by atoms with van der Waals surface area (Å²) in [6.45, 7) is 3.58. The normalized spacial score (nSPS) is 21.6. The van der Waals surface area contributed by atoms with Crippen LogP contribution in [0.2, 0.25) is 0 Å². The highest BCUT2D eigenvalue weighted by Gasteiger charge is 2.37. The van der Waals surface area contributed by atoms with E-state index in [1.54, 1.807) is 0 Å². The van der Waals surface area contributed by atoms with Crippen molar-refractivity contribution in [1.82, 2.24) is 10.3 Å². The second-order valence-electron chi connectivity index (χ2n) is 4.62. The van der Waals surface area contributed by atoms with Gasteiger partial charge in [0.1, 0.15) is 0 Å². The average Bonchev–Trinajstić information content (AvgIpc) is 2.88. The number of nitrogens with zero attached hydrogens (tertiary/aromatic N) is 1. The monoisotopic (exact) mass is 274 g/mol. The predicted molar refractivity (Wildman–Crippen MR) is 64.6 cm³/mol. The maximum absolute atomic E-state index is 13.0.